The number of fused-ring (bicyclic) bond motifs is 11. The van der Waals surface area contributed by atoms with Crippen LogP contribution < -0.4 is 5.32 Å². The van der Waals surface area contributed by atoms with Crippen LogP contribution in [0.25, 0.3) is 99.4 Å². The van der Waals surface area contributed by atoms with Gasteiger partial charge in [-0.25, -0.2) is 9.97 Å². The van der Waals surface area contributed by atoms with Crippen molar-refractivity contribution in [1.82, 2.24) is 24.4 Å². The van der Waals surface area contributed by atoms with E-state index in [1.54, 1.807) is 0 Å². The van der Waals surface area contributed by atoms with E-state index in [0.29, 0.717) is 11.5 Å². The van der Waals surface area contributed by atoms with E-state index in [1.807, 2.05) is 24.4 Å². The molecule has 0 unspecified atom stereocenters. The van der Waals surface area contributed by atoms with Crippen molar-refractivity contribution in [2.75, 3.05) is 6.54 Å². The van der Waals surface area contributed by atoms with Gasteiger partial charge in [0.15, 0.2) is 5.58 Å². The van der Waals surface area contributed by atoms with E-state index in [-0.39, 0.29) is 0 Å². The number of allylic oxidation sites excluding steroid dienone is 2. The summed E-state index contributed by atoms with van der Waals surface area (Å²) in [4.78, 5) is 10.7. The second kappa shape index (κ2) is 9.92. The summed E-state index contributed by atoms with van der Waals surface area (Å²) in [7, 11) is 0. The minimum Gasteiger partial charge on any atom is -0.452 e. The van der Waals surface area contributed by atoms with Crippen LogP contribution in [0, 0.1) is 0 Å². The van der Waals surface area contributed by atoms with Crippen molar-refractivity contribution in [2.45, 2.75) is 0 Å². The normalized spacial score (nSPS) is 13.4. The van der Waals surface area contributed by atoms with Gasteiger partial charge in [0, 0.05) is 38.2 Å². The molecule has 49 heavy (non-hydrogen) atoms. The van der Waals surface area contributed by atoms with Crippen LogP contribution in [0.15, 0.2) is 150 Å². The molecule has 11 rings (SSSR count). The molecule has 230 valence electrons. The Labute approximate surface area is 279 Å². The van der Waals surface area contributed by atoms with Crippen LogP contribution in [0.1, 0.15) is 0 Å². The third-order valence-corrected chi connectivity index (χ3v) is 9.97. The third kappa shape index (κ3) is 3.71. The zero-order chi connectivity index (χ0) is 32.1. The average Bonchev–Trinajstić information content (AvgIpc) is 3.82. The van der Waals surface area contributed by atoms with Gasteiger partial charge in [0.2, 0.25) is 5.95 Å². The summed E-state index contributed by atoms with van der Waals surface area (Å²) >= 11 is 0. The molecular weight excluding hydrogens is 603 g/mol. The van der Waals surface area contributed by atoms with Gasteiger partial charge in [0.05, 0.1) is 28.6 Å². The monoisotopic (exact) mass is 629 g/mol. The molecule has 10 aromatic rings. The summed E-state index contributed by atoms with van der Waals surface area (Å²) < 4.78 is 11.2. The van der Waals surface area contributed by atoms with Crippen molar-refractivity contribution in [3.05, 3.63) is 146 Å². The molecule has 0 aliphatic carbocycles. The Morgan fingerprint density at radius 2 is 1.37 bits per heavy atom. The highest BCUT2D eigenvalue weighted by Gasteiger charge is 2.24. The summed E-state index contributed by atoms with van der Waals surface area (Å²) in [5.41, 5.74) is 9.70. The number of nitrogens with one attached hydrogen (secondary N) is 1. The third-order valence-electron chi connectivity index (χ3n) is 9.97. The van der Waals surface area contributed by atoms with Gasteiger partial charge in [-0.1, -0.05) is 91.0 Å². The van der Waals surface area contributed by atoms with Crippen LogP contribution in [0.5, 0.6) is 0 Å². The van der Waals surface area contributed by atoms with Crippen molar-refractivity contribution in [1.29, 1.82) is 0 Å². The smallest absolute Gasteiger partial charge is 0.236 e. The maximum absolute atomic E-state index is 6.52. The lowest BCUT2D eigenvalue weighted by molar-refractivity contribution is 0.666. The van der Waals surface area contributed by atoms with Crippen LogP contribution in [-0.2, 0) is 0 Å². The highest BCUT2D eigenvalue weighted by molar-refractivity contribution is 6.26. The lowest BCUT2D eigenvalue weighted by Crippen LogP contribution is -2.15. The van der Waals surface area contributed by atoms with Crippen molar-refractivity contribution in [3.8, 4) is 17.2 Å². The molecule has 0 fully saturated rings. The molecule has 0 amide bonds. The van der Waals surface area contributed by atoms with Crippen LogP contribution in [-0.4, -0.2) is 25.6 Å². The highest BCUT2D eigenvalue weighted by atomic mass is 16.3. The molecule has 6 aromatic carbocycles. The number of rotatable bonds is 3. The SMILES string of the molecule is C1=CNCC(n2c3ccccc3c3ccc4c(c5ccccc5n4-c4nc(-c5ccc6ccccc6c5)c5oc6ccccc6c5n4)c32)=C1. The average molecular weight is 630 g/mol. The van der Waals surface area contributed by atoms with Crippen molar-refractivity contribution in [3.63, 3.8) is 0 Å². The molecule has 5 heterocycles. The lowest BCUT2D eigenvalue weighted by atomic mass is 10.0. The molecule has 1 aliphatic rings. The Morgan fingerprint density at radius 3 is 2.22 bits per heavy atom. The predicted molar refractivity (Wildman–Crippen MR) is 201 cm³/mol. The molecular formula is C43H27N5O. The fourth-order valence-corrected chi connectivity index (χ4v) is 7.84. The van der Waals surface area contributed by atoms with Gasteiger partial charge in [-0.15, -0.1) is 0 Å². The summed E-state index contributed by atoms with van der Waals surface area (Å²) in [5.74, 6) is 0.608. The van der Waals surface area contributed by atoms with E-state index in [0.717, 1.165) is 56.1 Å². The number of para-hydroxylation sites is 3. The maximum atomic E-state index is 6.52. The second-order valence-electron chi connectivity index (χ2n) is 12.7. The Balaban J connectivity index is 1.29. The first-order valence-electron chi connectivity index (χ1n) is 16.6. The molecule has 4 aromatic heterocycles. The number of nitrogens with zero attached hydrogens (tertiary/aromatic N) is 4. The van der Waals surface area contributed by atoms with Gasteiger partial charge in [0.25, 0.3) is 0 Å². The Bertz CT molecular complexity index is 3060. The van der Waals surface area contributed by atoms with Gasteiger partial charge >= 0.3 is 0 Å². The number of furan rings is 1. The number of hydrogen-bond acceptors (Lipinski definition) is 4. The fourth-order valence-electron chi connectivity index (χ4n) is 7.84. The summed E-state index contributed by atoms with van der Waals surface area (Å²) in [5, 5.41) is 11.5. The van der Waals surface area contributed by atoms with Crippen LogP contribution in [0.2, 0.25) is 0 Å². The topological polar surface area (TPSA) is 60.8 Å². The molecule has 0 spiro atoms. The fraction of sp³-hybridized carbons (Fsp3) is 0.0233. The quantitative estimate of drug-likeness (QED) is 0.211. The maximum Gasteiger partial charge on any atom is 0.236 e. The van der Waals surface area contributed by atoms with Crippen molar-refractivity contribution in [2.24, 2.45) is 0 Å². The molecule has 1 N–H and O–H groups in total. The summed E-state index contributed by atoms with van der Waals surface area (Å²) in [6.45, 7) is 0.738. The largest absolute Gasteiger partial charge is 0.452 e. The Kier molecular flexibility index (Phi) is 5.35. The van der Waals surface area contributed by atoms with E-state index < -0.39 is 0 Å². The molecule has 0 bridgehead atoms. The summed E-state index contributed by atoms with van der Waals surface area (Å²) in [6, 6.07) is 44.8. The zero-order valence-electron chi connectivity index (χ0n) is 26.3. The minimum absolute atomic E-state index is 0.608. The van der Waals surface area contributed by atoms with Gasteiger partial charge in [0.1, 0.15) is 16.8 Å². The molecule has 0 saturated carbocycles. The van der Waals surface area contributed by atoms with E-state index in [1.165, 1.54) is 38.3 Å². The Morgan fingerprint density at radius 1 is 0.612 bits per heavy atom. The van der Waals surface area contributed by atoms with Crippen LogP contribution in [0.3, 0.4) is 0 Å². The number of benzene rings is 6. The Hall–Kier alpha value is -6.66. The van der Waals surface area contributed by atoms with Gasteiger partial charge in [-0.05, 0) is 65.5 Å². The number of hydrogen-bond donors (Lipinski definition) is 1. The van der Waals surface area contributed by atoms with E-state index in [9.17, 15) is 0 Å². The van der Waals surface area contributed by atoms with E-state index in [4.69, 9.17) is 14.4 Å². The highest BCUT2D eigenvalue weighted by Crippen LogP contribution is 2.43. The second-order valence-corrected chi connectivity index (χ2v) is 12.7. The van der Waals surface area contributed by atoms with Gasteiger partial charge in [-0.3, -0.25) is 4.57 Å². The van der Waals surface area contributed by atoms with Crippen LogP contribution >= 0.6 is 0 Å². The molecule has 0 saturated heterocycles. The van der Waals surface area contributed by atoms with Crippen LogP contribution in [0.4, 0.5) is 0 Å². The van der Waals surface area contributed by atoms with Gasteiger partial charge < -0.3 is 14.3 Å². The van der Waals surface area contributed by atoms with E-state index >= 15 is 0 Å². The molecule has 0 radical (unpaired) electrons. The zero-order valence-corrected chi connectivity index (χ0v) is 26.3. The van der Waals surface area contributed by atoms with Crippen molar-refractivity contribution < 1.29 is 4.42 Å². The standard InChI is InChI=1S/C43H27N5O/c1-2-11-27-24-28(20-19-26(27)10-1)39-42-40(33-15-5-8-18-37(33)49-42)46-43(45-39)48-35-17-7-4-14-32(35)38-36(48)22-21-31-30-13-3-6-16-34(30)47(41(31)38)29-12-9-23-44-25-29/h1-24,44H,25H2. The minimum atomic E-state index is 0.608. The molecule has 6 nitrogen and oxygen atoms in total. The first kappa shape index (κ1) is 26.4. The first-order chi connectivity index (χ1) is 24.3. The molecule has 6 heteroatoms. The molecule has 1 aliphatic heterocycles. The predicted octanol–water partition coefficient (Wildman–Crippen LogP) is 10.4. The first-order valence-corrected chi connectivity index (χ1v) is 16.6. The van der Waals surface area contributed by atoms with Gasteiger partial charge in [-0.2, -0.15) is 0 Å². The van der Waals surface area contributed by atoms with Crippen molar-refractivity contribution >= 4 is 82.2 Å². The summed E-state index contributed by atoms with van der Waals surface area (Å²) in [6.07, 6.45) is 6.28. The van der Waals surface area contributed by atoms with E-state index in [2.05, 4.69) is 136 Å². The molecule has 0 atom stereocenters. The number of dihydropyridines is 1. The lowest BCUT2D eigenvalue weighted by Gasteiger charge is -2.15. The number of aromatic nitrogens is 4.